The van der Waals surface area contributed by atoms with Gasteiger partial charge in [0.25, 0.3) is 0 Å². The fourth-order valence-electron chi connectivity index (χ4n) is 8.42. The maximum absolute atomic E-state index is 2.55. The Balaban J connectivity index is 6.22. The quantitative estimate of drug-likeness (QED) is 0.0494. The molecule has 0 rings (SSSR count). The van der Waals surface area contributed by atoms with Crippen LogP contribution in [0.5, 0.6) is 0 Å². The smallest absolute Gasteiger partial charge is 0.0654 e. The van der Waals surface area contributed by atoms with Crippen LogP contribution >= 0.6 is 7.26 Å². The third-order valence-electron chi connectivity index (χ3n) is 11.5. The van der Waals surface area contributed by atoms with Crippen molar-refractivity contribution in [3.63, 3.8) is 0 Å². The summed E-state index contributed by atoms with van der Waals surface area (Å²) in [4.78, 5) is 0. The van der Waals surface area contributed by atoms with E-state index in [1.165, 1.54) is 161 Å². The summed E-state index contributed by atoms with van der Waals surface area (Å²) in [6.07, 6.45) is 46.0. The van der Waals surface area contributed by atoms with E-state index >= 15 is 0 Å². The molecule has 0 aromatic rings. The summed E-state index contributed by atoms with van der Waals surface area (Å²) >= 11 is 0. The lowest BCUT2D eigenvalue weighted by Crippen LogP contribution is -2.41. The molecule has 0 fully saturated rings. The molecule has 0 aromatic heterocycles. The molecule has 2 atom stereocenters. The SMILES string of the molecule is CCCCCCCCCCCCCC(CC(CC)CCCC)(CC(CC)CCCC)[P+](CCCC)(CCCC)CCCC. The minimum atomic E-state index is -1.07. The van der Waals surface area contributed by atoms with E-state index in [1.54, 1.807) is 37.7 Å². The van der Waals surface area contributed by atoms with E-state index in [1.807, 2.05) is 0 Å². The molecule has 260 valence electrons. The number of hydrogen-bond acceptors (Lipinski definition) is 0. The molecule has 0 N–H and O–H groups in total. The van der Waals surface area contributed by atoms with Gasteiger partial charge in [0.2, 0.25) is 0 Å². The fraction of sp³-hybridized carbons (Fsp3) is 1.00. The monoisotopic (exact) mass is 624 g/mol. The van der Waals surface area contributed by atoms with E-state index < -0.39 is 7.26 Å². The summed E-state index contributed by atoms with van der Waals surface area (Å²) < 4.78 is 0. The molecule has 0 amide bonds. The van der Waals surface area contributed by atoms with Crippen LogP contribution in [0, 0.1) is 11.8 Å². The number of unbranched alkanes of at least 4 members (excludes halogenated alkanes) is 15. The summed E-state index contributed by atoms with van der Waals surface area (Å²) in [6, 6.07) is 0. The molecule has 0 nitrogen and oxygen atoms in total. The highest BCUT2D eigenvalue weighted by Gasteiger charge is 2.56. The van der Waals surface area contributed by atoms with Crippen molar-refractivity contribution in [1.82, 2.24) is 0 Å². The van der Waals surface area contributed by atoms with Crippen LogP contribution in [0.3, 0.4) is 0 Å². The molecule has 0 heterocycles. The highest BCUT2D eigenvalue weighted by atomic mass is 31.2. The Hall–Kier alpha value is 0.430. The zero-order valence-electron chi connectivity index (χ0n) is 32.0. The average molecular weight is 624 g/mol. The molecule has 43 heavy (non-hydrogen) atoms. The van der Waals surface area contributed by atoms with Gasteiger partial charge in [0.1, 0.15) is 0 Å². The molecule has 2 unspecified atom stereocenters. The van der Waals surface area contributed by atoms with Crippen molar-refractivity contribution in [1.29, 1.82) is 0 Å². The van der Waals surface area contributed by atoms with Crippen LogP contribution in [0.15, 0.2) is 0 Å². The van der Waals surface area contributed by atoms with Gasteiger partial charge in [-0.05, 0) is 56.8 Å². The molecule has 0 aliphatic carbocycles. The molecule has 0 radical (unpaired) electrons. The van der Waals surface area contributed by atoms with Gasteiger partial charge in [0.05, 0.1) is 23.6 Å². The molecule has 0 bridgehead atoms. The van der Waals surface area contributed by atoms with Crippen molar-refractivity contribution in [2.24, 2.45) is 11.8 Å². The van der Waals surface area contributed by atoms with Gasteiger partial charge in [0, 0.05) is 7.26 Å². The van der Waals surface area contributed by atoms with E-state index in [0.717, 1.165) is 11.8 Å². The van der Waals surface area contributed by atoms with Crippen molar-refractivity contribution in [2.45, 2.75) is 240 Å². The van der Waals surface area contributed by atoms with Crippen LogP contribution < -0.4 is 0 Å². The largest absolute Gasteiger partial charge is 0.0804 e. The maximum atomic E-state index is 2.55. The lowest BCUT2D eigenvalue weighted by molar-refractivity contribution is 0.273. The lowest BCUT2D eigenvalue weighted by Gasteiger charge is -2.49. The summed E-state index contributed by atoms with van der Waals surface area (Å²) in [5, 5.41) is 0.661. The van der Waals surface area contributed by atoms with Crippen LogP contribution in [0.25, 0.3) is 0 Å². The fourth-order valence-corrected chi connectivity index (χ4v) is 15.2. The van der Waals surface area contributed by atoms with E-state index in [-0.39, 0.29) is 0 Å². The van der Waals surface area contributed by atoms with Gasteiger partial charge in [-0.1, -0.05) is 190 Å². The van der Waals surface area contributed by atoms with Crippen LogP contribution in [0.4, 0.5) is 0 Å². The number of rotatable bonds is 34. The number of hydrogen-bond donors (Lipinski definition) is 0. The van der Waals surface area contributed by atoms with Gasteiger partial charge in [-0.2, -0.15) is 0 Å². The molecule has 0 aromatic carbocycles. The highest BCUT2D eigenvalue weighted by Crippen LogP contribution is 2.75. The van der Waals surface area contributed by atoms with Crippen LogP contribution in [-0.2, 0) is 0 Å². The van der Waals surface area contributed by atoms with Gasteiger partial charge < -0.3 is 0 Å². The second-order valence-electron chi connectivity index (χ2n) is 15.1. The van der Waals surface area contributed by atoms with Gasteiger partial charge in [-0.15, -0.1) is 0 Å². The van der Waals surface area contributed by atoms with E-state index in [4.69, 9.17) is 0 Å². The summed E-state index contributed by atoms with van der Waals surface area (Å²) in [7, 11) is -1.07. The van der Waals surface area contributed by atoms with Gasteiger partial charge in [-0.3, -0.25) is 0 Å². The van der Waals surface area contributed by atoms with Crippen LogP contribution in [-0.4, -0.2) is 23.6 Å². The summed E-state index contributed by atoms with van der Waals surface area (Å²) in [5.41, 5.74) is 0. The van der Waals surface area contributed by atoms with Crippen molar-refractivity contribution in [2.75, 3.05) is 18.5 Å². The molecule has 0 aliphatic heterocycles. The Labute approximate surface area is 277 Å². The lowest BCUT2D eigenvalue weighted by atomic mass is 9.78. The molecule has 1 heteroatoms. The predicted octanol–water partition coefficient (Wildman–Crippen LogP) is 16.1. The maximum Gasteiger partial charge on any atom is 0.0804 e. The topological polar surface area (TPSA) is 0 Å². The van der Waals surface area contributed by atoms with Gasteiger partial charge in [0.15, 0.2) is 0 Å². The normalized spacial score (nSPS) is 15.1. The molecule has 0 saturated heterocycles. The second-order valence-corrected chi connectivity index (χ2v) is 19.7. The van der Waals surface area contributed by atoms with E-state index in [2.05, 4.69) is 55.4 Å². The first-order chi connectivity index (χ1) is 21.0. The van der Waals surface area contributed by atoms with Gasteiger partial charge in [-0.25, -0.2) is 0 Å². The Morgan fingerprint density at radius 2 is 0.698 bits per heavy atom. The van der Waals surface area contributed by atoms with Gasteiger partial charge >= 0.3 is 0 Å². The Morgan fingerprint density at radius 3 is 1.02 bits per heavy atom. The zero-order valence-corrected chi connectivity index (χ0v) is 32.9. The molecule has 0 aliphatic rings. The molecular weight excluding hydrogens is 535 g/mol. The standard InChI is InChI=1S/C42H88P/c1-9-17-23-24-25-26-27-28-29-30-31-34-42(38-40(15-7)32-18-10-2,39-41(16-8)33-19-11-3)43(35-20-12-4,36-21-13-5)37-22-14-6/h40-41H,9-39H2,1-8H3/q+1. The van der Waals surface area contributed by atoms with E-state index in [9.17, 15) is 0 Å². The minimum Gasteiger partial charge on any atom is -0.0654 e. The molecule has 0 spiro atoms. The highest BCUT2D eigenvalue weighted by molar-refractivity contribution is 7.77. The van der Waals surface area contributed by atoms with Crippen molar-refractivity contribution in [3.05, 3.63) is 0 Å². The first-order valence-electron chi connectivity index (χ1n) is 20.8. The Kier molecular flexibility index (Phi) is 30.1. The second kappa shape index (κ2) is 29.8. The third kappa shape index (κ3) is 19.0. The van der Waals surface area contributed by atoms with Crippen molar-refractivity contribution in [3.8, 4) is 0 Å². The predicted molar refractivity (Wildman–Crippen MR) is 206 cm³/mol. The van der Waals surface area contributed by atoms with E-state index in [0.29, 0.717) is 5.16 Å². The first-order valence-corrected chi connectivity index (χ1v) is 23.2. The third-order valence-corrected chi connectivity index (χ3v) is 17.6. The van der Waals surface area contributed by atoms with Crippen molar-refractivity contribution < 1.29 is 0 Å². The first kappa shape index (κ1) is 43.4. The minimum absolute atomic E-state index is 0.661. The van der Waals surface area contributed by atoms with Crippen LogP contribution in [0.2, 0.25) is 0 Å². The Bertz CT molecular complexity index is 513. The Morgan fingerprint density at radius 1 is 0.372 bits per heavy atom. The summed E-state index contributed by atoms with van der Waals surface area (Å²) in [5.74, 6) is 1.92. The van der Waals surface area contributed by atoms with Crippen molar-refractivity contribution >= 4 is 7.26 Å². The van der Waals surface area contributed by atoms with Crippen LogP contribution in [0.1, 0.15) is 235 Å². The summed E-state index contributed by atoms with van der Waals surface area (Å²) in [6.45, 7) is 19.7. The zero-order chi connectivity index (χ0) is 32.1. The molecule has 0 saturated carbocycles. The average Bonchev–Trinajstić information content (AvgIpc) is 3.03. The molecular formula is C42H88P+.